The van der Waals surface area contributed by atoms with Crippen molar-refractivity contribution in [3.05, 3.63) is 0 Å². The summed E-state index contributed by atoms with van der Waals surface area (Å²) >= 11 is 0. The molecule has 5 rings (SSSR count). The lowest BCUT2D eigenvalue weighted by Crippen LogP contribution is -2.61. The van der Waals surface area contributed by atoms with E-state index in [4.69, 9.17) is 0 Å². The number of urea groups is 2. The summed E-state index contributed by atoms with van der Waals surface area (Å²) in [6.45, 7) is 0. The zero-order valence-corrected chi connectivity index (χ0v) is 22.7. The van der Waals surface area contributed by atoms with Crippen molar-refractivity contribution >= 4 is 23.9 Å². The van der Waals surface area contributed by atoms with Crippen molar-refractivity contribution in [3.8, 4) is 0 Å². The van der Waals surface area contributed by atoms with Crippen molar-refractivity contribution in [2.45, 2.75) is 159 Å². The Morgan fingerprint density at radius 3 is 1.19 bits per heavy atom. The maximum absolute atomic E-state index is 12.8. The third kappa shape index (κ3) is 7.93. The van der Waals surface area contributed by atoms with Gasteiger partial charge in [0.25, 0.3) is 0 Å². The predicted octanol–water partition coefficient (Wildman–Crippen LogP) is 5.78. The van der Waals surface area contributed by atoms with Gasteiger partial charge in [-0.1, -0.05) is 77.0 Å². The smallest absolute Gasteiger partial charge is 0.333 e. The lowest BCUT2D eigenvalue weighted by Gasteiger charge is -2.42. The molecule has 0 aromatic carbocycles. The Hall–Kier alpha value is -2.12. The fraction of sp³-hybridized carbons (Fsp3) is 0.862. The lowest BCUT2D eigenvalue weighted by molar-refractivity contribution is -0.146. The molecule has 37 heavy (non-hydrogen) atoms. The highest BCUT2D eigenvalue weighted by atomic mass is 16.2. The normalized spacial score (nSPS) is 25.5. The van der Waals surface area contributed by atoms with Gasteiger partial charge in [-0.25, -0.2) is 9.59 Å². The molecule has 8 heteroatoms. The van der Waals surface area contributed by atoms with E-state index in [1.54, 1.807) is 0 Å². The fourth-order valence-corrected chi connectivity index (χ4v) is 6.93. The van der Waals surface area contributed by atoms with E-state index in [2.05, 4.69) is 10.6 Å². The molecule has 5 fully saturated rings. The molecule has 5 aliphatic rings. The molecule has 1 saturated heterocycles. The molecule has 0 aromatic rings. The largest absolute Gasteiger partial charge is 0.335 e. The number of barbiturate groups is 1. The SMILES string of the molecule is O=C(NC1CCCCC1)NC1CCCCC1.O=C1CC(=O)N(C2CCCCC2)C(=O)N1C1CCCCC1. The Kier molecular flexibility index (Phi) is 10.7. The number of carbonyl (C=O) groups is 4. The topological polar surface area (TPSA) is 98.8 Å². The summed E-state index contributed by atoms with van der Waals surface area (Å²) in [5, 5.41) is 6.23. The zero-order chi connectivity index (χ0) is 26.0. The molecule has 0 radical (unpaired) electrons. The van der Waals surface area contributed by atoms with Crippen LogP contribution in [0.5, 0.6) is 0 Å². The molecule has 0 aromatic heterocycles. The predicted molar refractivity (Wildman–Crippen MR) is 143 cm³/mol. The summed E-state index contributed by atoms with van der Waals surface area (Å²) in [7, 11) is 0. The van der Waals surface area contributed by atoms with E-state index < -0.39 is 0 Å². The number of imide groups is 2. The van der Waals surface area contributed by atoms with Gasteiger partial charge in [-0.05, 0) is 51.4 Å². The molecule has 4 saturated carbocycles. The Bertz CT molecular complexity index is 719. The third-order valence-electron chi connectivity index (χ3n) is 9.01. The maximum Gasteiger partial charge on any atom is 0.333 e. The number of nitrogens with zero attached hydrogens (tertiary/aromatic N) is 2. The van der Waals surface area contributed by atoms with Crippen molar-refractivity contribution in [2.24, 2.45) is 0 Å². The quantitative estimate of drug-likeness (QED) is 0.463. The number of nitrogens with one attached hydrogen (secondary N) is 2. The van der Waals surface area contributed by atoms with E-state index in [9.17, 15) is 19.2 Å². The molecule has 1 aliphatic heterocycles. The van der Waals surface area contributed by atoms with E-state index >= 15 is 0 Å². The molecule has 6 amide bonds. The second-order valence-electron chi connectivity index (χ2n) is 11.9. The van der Waals surface area contributed by atoms with Gasteiger partial charge in [0, 0.05) is 24.2 Å². The van der Waals surface area contributed by atoms with Crippen molar-refractivity contribution in [1.29, 1.82) is 0 Å². The molecule has 1 heterocycles. The Morgan fingerprint density at radius 1 is 0.514 bits per heavy atom. The minimum absolute atomic E-state index is 0.0120. The van der Waals surface area contributed by atoms with Gasteiger partial charge in [0.1, 0.15) is 6.42 Å². The molecule has 0 unspecified atom stereocenters. The van der Waals surface area contributed by atoms with Crippen LogP contribution < -0.4 is 10.6 Å². The van der Waals surface area contributed by atoms with Gasteiger partial charge < -0.3 is 10.6 Å². The number of hydrogen-bond acceptors (Lipinski definition) is 4. The second kappa shape index (κ2) is 14.1. The van der Waals surface area contributed by atoms with Crippen LogP contribution in [0.1, 0.15) is 135 Å². The molecule has 2 N–H and O–H groups in total. The van der Waals surface area contributed by atoms with Crippen molar-refractivity contribution in [2.75, 3.05) is 0 Å². The molecule has 0 bridgehead atoms. The highest BCUT2D eigenvalue weighted by Crippen LogP contribution is 2.30. The van der Waals surface area contributed by atoms with Crippen LogP contribution in [0.25, 0.3) is 0 Å². The summed E-state index contributed by atoms with van der Waals surface area (Å²) in [4.78, 5) is 51.7. The van der Waals surface area contributed by atoms with Crippen LogP contribution in [0.4, 0.5) is 9.59 Å². The van der Waals surface area contributed by atoms with Crippen molar-refractivity contribution in [1.82, 2.24) is 20.4 Å². The van der Waals surface area contributed by atoms with E-state index in [1.165, 1.54) is 61.2 Å². The number of hydrogen-bond donors (Lipinski definition) is 2. The fourth-order valence-electron chi connectivity index (χ4n) is 6.93. The van der Waals surface area contributed by atoms with E-state index in [-0.39, 0.29) is 42.4 Å². The highest BCUT2D eigenvalue weighted by molar-refractivity contribution is 6.14. The van der Waals surface area contributed by atoms with Crippen LogP contribution in [0, 0.1) is 0 Å². The van der Waals surface area contributed by atoms with Crippen LogP contribution in [-0.2, 0) is 9.59 Å². The maximum atomic E-state index is 12.8. The van der Waals surface area contributed by atoms with Crippen LogP contribution in [-0.4, -0.2) is 57.8 Å². The Labute approximate surface area is 222 Å². The van der Waals surface area contributed by atoms with Crippen molar-refractivity contribution < 1.29 is 19.2 Å². The Morgan fingerprint density at radius 2 is 0.838 bits per heavy atom. The molecule has 0 spiro atoms. The van der Waals surface area contributed by atoms with Crippen LogP contribution in [0.3, 0.4) is 0 Å². The van der Waals surface area contributed by atoms with E-state index in [0.717, 1.165) is 77.0 Å². The minimum Gasteiger partial charge on any atom is -0.335 e. The second-order valence-corrected chi connectivity index (χ2v) is 11.9. The zero-order valence-electron chi connectivity index (χ0n) is 22.7. The number of amides is 6. The average Bonchev–Trinajstić information content (AvgIpc) is 2.91. The van der Waals surface area contributed by atoms with Crippen LogP contribution in [0.15, 0.2) is 0 Å². The molecule has 8 nitrogen and oxygen atoms in total. The van der Waals surface area contributed by atoms with E-state index in [0.29, 0.717) is 12.1 Å². The van der Waals surface area contributed by atoms with Gasteiger partial charge in [-0.3, -0.25) is 19.4 Å². The summed E-state index contributed by atoms with van der Waals surface area (Å²) in [6.07, 6.45) is 22.5. The molecule has 208 valence electrons. The number of carbonyl (C=O) groups excluding carboxylic acids is 4. The van der Waals surface area contributed by atoms with Crippen LogP contribution >= 0.6 is 0 Å². The Balaban J connectivity index is 0.000000180. The van der Waals surface area contributed by atoms with Crippen LogP contribution in [0.2, 0.25) is 0 Å². The highest BCUT2D eigenvalue weighted by Gasteiger charge is 2.44. The molecular weight excluding hydrogens is 468 g/mol. The first kappa shape index (κ1) is 27.9. The standard InChI is InChI=1S/C16H24N2O3.C13H24N2O/c19-14-11-15(20)18(13-9-5-2-6-10-13)16(21)17(14)12-7-3-1-4-8-12;16-13(14-11-7-3-1-4-8-11)15-12-9-5-2-6-10-12/h12-13H,1-11H2;11-12H,1-10H2,(H2,14,15,16). The summed E-state index contributed by atoms with van der Waals surface area (Å²) in [5.41, 5.74) is 0. The van der Waals surface area contributed by atoms with Gasteiger partial charge >= 0.3 is 12.1 Å². The molecule has 0 atom stereocenters. The first-order chi connectivity index (χ1) is 18.0. The summed E-state index contributed by atoms with van der Waals surface area (Å²) < 4.78 is 0. The van der Waals surface area contributed by atoms with Gasteiger partial charge in [0.2, 0.25) is 11.8 Å². The average molecular weight is 517 g/mol. The van der Waals surface area contributed by atoms with Gasteiger partial charge in [-0.15, -0.1) is 0 Å². The van der Waals surface area contributed by atoms with Gasteiger partial charge in [0.05, 0.1) is 0 Å². The number of rotatable bonds is 4. The minimum atomic E-state index is -0.338. The molecular formula is C29H48N4O4. The monoisotopic (exact) mass is 516 g/mol. The van der Waals surface area contributed by atoms with Gasteiger partial charge in [-0.2, -0.15) is 0 Å². The van der Waals surface area contributed by atoms with Crippen molar-refractivity contribution in [3.63, 3.8) is 0 Å². The van der Waals surface area contributed by atoms with Gasteiger partial charge in [0.15, 0.2) is 0 Å². The third-order valence-corrected chi connectivity index (χ3v) is 9.01. The first-order valence-electron chi connectivity index (χ1n) is 15.3. The summed E-state index contributed by atoms with van der Waals surface area (Å²) in [5.74, 6) is -0.576. The first-order valence-corrected chi connectivity index (χ1v) is 15.3. The van der Waals surface area contributed by atoms with E-state index in [1.807, 2.05) is 0 Å². The molecule has 4 aliphatic carbocycles. The lowest BCUT2D eigenvalue weighted by atomic mass is 9.91. The summed E-state index contributed by atoms with van der Waals surface area (Å²) in [6, 6.07) is 0.611.